The number of carboxylic acid groups (broad SMARTS) is 1. The van der Waals surface area contributed by atoms with E-state index in [0.29, 0.717) is 0 Å². The number of allylic oxidation sites excluding steroid dienone is 1. The highest BCUT2D eigenvalue weighted by atomic mass is 35.6. The van der Waals surface area contributed by atoms with Crippen molar-refractivity contribution in [2.75, 3.05) is 0 Å². The molecule has 0 aliphatic rings. The Morgan fingerprint density at radius 2 is 1.88 bits per heavy atom. The second kappa shape index (κ2) is 6.33. The fourth-order valence-corrected chi connectivity index (χ4v) is 1.13. The summed E-state index contributed by atoms with van der Waals surface area (Å²) in [5.74, 6) is -2.26. The first-order valence-corrected chi connectivity index (χ1v) is 5.39. The predicted octanol–water partition coefficient (Wildman–Crippen LogP) is 2.71. The summed E-state index contributed by atoms with van der Waals surface area (Å²) in [5.41, 5.74) is 0.777. The minimum Gasteiger partial charge on any atom is -0.481 e. The van der Waals surface area contributed by atoms with Crippen molar-refractivity contribution >= 4 is 46.7 Å². The Bertz CT molecular complexity index is 302. The molecular formula is C9H11Cl3O4. The molecule has 0 saturated heterocycles. The summed E-state index contributed by atoms with van der Waals surface area (Å²) in [6, 6.07) is 0. The van der Waals surface area contributed by atoms with Gasteiger partial charge in [0.25, 0.3) is 0 Å². The Labute approximate surface area is 108 Å². The van der Waals surface area contributed by atoms with Crippen LogP contribution in [0, 0.1) is 0 Å². The Morgan fingerprint density at radius 3 is 2.19 bits per heavy atom. The van der Waals surface area contributed by atoms with Crippen molar-refractivity contribution in [1.82, 2.24) is 0 Å². The first kappa shape index (κ1) is 15.6. The zero-order valence-electron chi connectivity index (χ0n) is 8.67. The number of carbonyl (C=O) groups excluding carboxylic acids is 1. The smallest absolute Gasteiger partial charge is 0.317 e. The zero-order chi connectivity index (χ0) is 12.9. The van der Waals surface area contributed by atoms with E-state index >= 15 is 0 Å². The van der Waals surface area contributed by atoms with Gasteiger partial charge in [0, 0.05) is 0 Å². The number of alkyl halides is 3. The predicted molar refractivity (Wildman–Crippen MR) is 61.9 cm³/mol. The van der Waals surface area contributed by atoms with Gasteiger partial charge in [-0.15, -0.1) is 0 Å². The monoisotopic (exact) mass is 288 g/mol. The first-order chi connectivity index (χ1) is 7.12. The van der Waals surface area contributed by atoms with Crippen molar-refractivity contribution in [3.05, 3.63) is 11.6 Å². The molecule has 0 rings (SSSR count). The van der Waals surface area contributed by atoms with Crippen LogP contribution in [0.3, 0.4) is 0 Å². The van der Waals surface area contributed by atoms with Crippen LogP contribution in [-0.2, 0) is 14.3 Å². The molecule has 0 bridgehead atoms. The molecule has 92 valence electrons. The summed E-state index contributed by atoms with van der Waals surface area (Å²) in [6.07, 6.45) is -0.435. The van der Waals surface area contributed by atoms with Crippen molar-refractivity contribution in [3.8, 4) is 0 Å². The van der Waals surface area contributed by atoms with E-state index in [1.165, 1.54) is 6.08 Å². The molecule has 7 heteroatoms. The number of carboxylic acids is 1. The number of hydrogen-bond acceptors (Lipinski definition) is 3. The number of ether oxygens (including phenoxy) is 1. The number of halogens is 3. The lowest BCUT2D eigenvalue weighted by molar-refractivity contribution is -0.153. The molecule has 0 amide bonds. The Morgan fingerprint density at radius 1 is 1.38 bits per heavy atom. The molecule has 0 aromatic rings. The quantitative estimate of drug-likeness (QED) is 0.374. The van der Waals surface area contributed by atoms with Crippen LogP contribution in [0.15, 0.2) is 11.6 Å². The highest BCUT2D eigenvalue weighted by Crippen LogP contribution is 2.33. The van der Waals surface area contributed by atoms with Gasteiger partial charge in [0.15, 0.2) is 6.10 Å². The average molecular weight is 290 g/mol. The van der Waals surface area contributed by atoms with Gasteiger partial charge >= 0.3 is 11.9 Å². The third-order valence-corrected chi connectivity index (χ3v) is 2.01. The maximum Gasteiger partial charge on any atom is 0.317 e. The van der Waals surface area contributed by atoms with Gasteiger partial charge in [-0.05, 0) is 19.9 Å². The van der Waals surface area contributed by atoms with Crippen molar-refractivity contribution in [1.29, 1.82) is 0 Å². The molecule has 0 fully saturated rings. The van der Waals surface area contributed by atoms with Gasteiger partial charge in [-0.25, -0.2) is 0 Å². The molecule has 0 spiro atoms. The van der Waals surface area contributed by atoms with Crippen LogP contribution < -0.4 is 0 Å². The standard InChI is InChI=1S/C9H11Cl3O4/c1-5(2)3-6(9(10,11)12)16-8(15)4-7(13)14/h3,6H,4H2,1-2H3,(H,13,14)/t6-/m1/s1. The van der Waals surface area contributed by atoms with Gasteiger partial charge in [0.2, 0.25) is 3.79 Å². The molecule has 0 aliphatic carbocycles. The van der Waals surface area contributed by atoms with E-state index in [1.807, 2.05) is 0 Å². The van der Waals surface area contributed by atoms with E-state index in [1.54, 1.807) is 13.8 Å². The Kier molecular flexibility index (Phi) is 6.15. The lowest BCUT2D eigenvalue weighted by Crippen LogP contribution is -2.30. The van der Waals surface area contributed by atoms with E-state index < -0.39 is 28.3 Å². The molecule has 0 radical (unpaired) electrons. The topological polar surface area (TPSA) is 63.6 Å². The summed E-state index contributed by atoms with van der Waals surface area (Å²) in [7, 11) is 0. The van der Waals surface area contributed by atoms with Gasteiger partial charge in [-0.1, -0.05) is 40.4 Å². The van der Waals surface area contributed by atoms with Crippen LogP contribution in [0.1, 0.15) is 20.3 Å². The average Bonchev–Trinajstić information content (AvgIpc) is 1.98. The molecule has 1 N–H and O–H groups in total. The summed E-state index contributed by atoms with van der Waals surface area (Å²) < 4.78 is 2.92. The fraction of sp³-hybridized carbons (Fsp3) is 0.556. The molecule has 0 aliphatic heterocycles. The minimum atomic E-state index is -1.83. The molecule has 0 unspecified atom stereocenters. The zero-order valence-corrected chi connectivity index (χ0v) is 10.9. The van der Waals surface area contributed by atoms with Crippen LogP contribution in [0.2, 0.25) is 0 Å². The van der Waals surface area contributed by atoms with Gasteiger partial charge in [0.1, 0.15) is 6.42 Å². The summed E-state index contributed by atoms with van der Waals surface area (Å²) in [4.78, 5) is 21.3. The van der Waals surface area contributed by atoms with Gasteiger partial charge in [-0.3, -0.25) is 9.59 Å². The number of rotatable bonds is 4. The maximum atomic E-state index is 11.1. The summed E-state index contributed by atoms with van der Waals surface area (Å²) in [5, 5.41) is 8.37. The van der Waals surface area contributed by atoms with Gasteiger partial charge < -0.3 is 9.84 Å². The van der Waals surface area contributed by atoms with Crippen molar-refractivity contribution in [2.24, 2.45) is 0 Å². The largest absolute Gasteiger partial charge is 0.481 e. The Hall–Kier alpha value is -0.450. The molecule has 0 saturated carbocycles. The highest BCUT2D eigenvalue weighted by molar-refractivity contribution is 6.68. The SMILES string of the molecule is CC(C)=C[C@@H](OC(=O)CC(=O)O)C(Cl)(Cl)Cl. The van der Waals surface area contributed by atoms with Gasteiger partial charge in [0.05, 0.1) is 0 Å². The second-order valence-electron chi connectivity index (χ2n) is 3.27. The Balaban J connectivity index is 4.63. The molecule has 16 heavy (non-hydrogen) atoms. The third kappa shape index (κ3) is 6.93. The minimum absolute atomic E-state index is 0.770. The molecule has 0 aromatic carbocycles. The molecule has 4 nitrogen and oxygen atoms in total. The van der Waals surface area contributed by atoms with E-state index in [4.69, 9.17) is 44.6 Å². The van der Waals surface area contributed by atoms with E-state index in [2.05, 4.69) is 0 Å². The third-order valence-electron chi connectivity index (χ3n) is 1.36. The molecular weight excluding hydrogens is 278 g/mol. The normalized spacial score (nSPS) is 12.8. The van der Waals surface area contributed by atoms with Crippen LogP contribution in [0.25, 0.3) is 0 Å². The van der Waals surface area contributed by atoms with E-state index in [0.717, 1.165) is 5.57 Å². The molecule has 0 heterocycles. The fourth-order valence-electron chi connectivity index (χ4n) is 0.805. The first-order valence-electron chi connectivity index (χ1n) is 4.26. The maximum absolute atomic E-state index is 11.1. The van der Waals surface area contributed by atoms with Gasteiger partial charge in [-0.2, -0.15) is 0 Å². The number of esters is 1. The lowest BCUT2D eigenvalue weighted by Gasteiger charge is -2.21. The van der Waals surface area contributed by atoms with Crippen LogP contribution in [-0.4, -0.2) is 26.9 Å². The van der Waals surface area contributed by atoms with E-state index in [9.17, 15) is 9.59 Å². The molecule has 1 atom stereocenters. The van der Waals surface area contributed by atoms with Crippen molar-refractivity contribution in [3.63, 3.8) is 0 Å². The number of carbonyl (C=O) groups is 2. The molecule has 0 aromatic heterocycles. The number of hydrogen-bond donors (Lipinski definition) is 1. The van der Waals surface area contributed by atoms with Crippen LogP contribution in [0.5, 0.6) is 0 Å². The van der Waals surface area contributed by atoms with Crippen LogP contribution >= 0.6 is 34.8 Å². The van der Waals surface area contributed by atoms with E-state index in [-0.39, 0.29) is 0 Å². The van der Waals surface area contributed by atoms with Crippen molar-refractivity contribution in [2.45, 2.75) is 30.2 Å². The second-order valence-corrected chi connectivity index (χ2v) is 5.64. The van der Waals surface area contributed by atoms with Crippen LogP contribution in [0.4, 0.5) is 0 Å². The lowest BCUT2D eigenvalue weighted by atomic mass is 10.2. The highest BCUT2D eigenvalue weighted by Gasteiger charge is 2.34. The summed E-state index contributed by atoms with van der Waals surface area (Å²) >= 11 is 16.8. The number of aliphatic carboxylic acids is 1. The summed E-state index contributed by atoms with van der Waals surface area (Å²) in [6.45, 7) is 3.46. The van der Waals surface area contributed by atoms with Crippen molar-refractivity contribution < 1.29 is 19.4 Å².